The van der Waals surface area contributed by atoms with Gasteiger partial charge in [-0.25, -0.2) is 5.11 Å². The summed E-state index contributed by atoms with van der Waals surface area (Å²) in [7, 11) is 0. The highest BCUT2D eigenvalue weighted by Gasteiger charge is 2.35. The van der Waals surface area contributed by atoms with Crippen molar-refractivity contribution in [2.45, 2.75) is 70.6 Å². The minimum Gasteiger partial charge on any atom is -0.286 e. The molecule has 0 bridgehead atoms. The number of fused-ring (bicyclic) bond motifs is 1. The Morgan fingerprint density at radius 2 is 1.87 bits per heavy atom. The first-order chi connectivity index (χ1) is 7.31. The Kier molecular flexibility index (Phi) is 4.04. The molecule has 0 aromatic carbocycles. The first kappa shape index (κ1) is 11.4. The maximum absolute atomic E-state index is 11.5. The van der Waals surface area contributed by atoms with E-state index in [-0.39, 0.29) is 0 Å². The van der Waals surface area contributed by atoms with Gasteiger partial charge in [-0.15, -0.1) is 0 Å². The lowest BCUT2D eigenvalue weighted by molar-refractivity contribution is 0.0152. The molecule has 0 aromatic heterocycles. The van der Waals surface area contributed by atoms with Gasteiger partial charge in [-0.3, -0.25) is 5.32 Å². The van der Waals surface area contributed by atoms with E-state index in [1.54, 1.807) is 0 Å². The maximum atomic E-state index is 11.5. The molecule has 2 heteroatoms. The molecule has 0 aromatic rings. The van der Waals surface area contributed by atoms with E-state index in [4.69, 9.17) is 0 Å². The SMILES string of the molecule is CCC([O])NC1CCCC2CCCCC21. The maximum Gasteiger partial charge on any atom is 0.143 e. The predicted molar refractivity (Wildman–Crippen MR) is 61.0 cm³/mol. The van der Waals surface area contributed by atoms with E-state index >= 15 is 0 Å². The first-order valence-corrected chi connectivity index (χ1v) is 6.73. The van der Waals surface area contributed by atoms with Crippen LogP contribution in [0.25, 0.3) is 0 Å². The van der Waals surface area contributed by atoms with Gasteiger partial charge < -0.3 is 0 Å². The van der Waals surface area contributed by atoms with Gasteiger partial charge in [-0.05, 0) is 31.1 Å². The summed E-state index contributed by atoms with van der Waals surface area (Å²) in [5.41, 5.74) is 0. The fraction of sp³-hybridized carbons (Fsp3) is 1.00. The molecule has 1 N–H and O–H groups in total. The van der Waals surface area contributed by atoms with Crippen molar-refractivity contribution in [3.8, 4) is 0 Å². The summed E-state index contributed by atoms with van der Waals surface area (Å²) in [6.07, 6.45) is 9.74. The van der Waals surface area contributed by atoms with Gasteiger partial charge in [0.25, 0.3) is 0 Å². The standard InChI is InChI=1S/C13H24NO/c1-2-13(15)14-12-9-5-7-10-6-3-4-8-11(10)12/h10-14H,2-9H2,1H3. The number of hydrogen-bond acceptors (Lipinski definition) is 1. The molecule has 4 unspecified atom stereocenters. The van der Waals surface area contributed by atoms with Gasteiger partial charge in [-0.2, -0.15) is 0 Å². The van der Waals surface area contributed by atoms with Gasteiger partial charge in [-0.1, -0.05) is 39.0 Å². The van der Waals surface area contributed by atoms with Crippen molar-refractivity contribution < 1.29 is 5.11 Å². The molecule has 0 saturated heterocycles. The Bertz CT molecular complexity index is 193. The van der Waals surface area contributed by atoms with Gasteiger partial charge >= 0.3 is 0 Å². The van der Waals surface area contributed by atoms with Crippen molar-refractivity contribution in [2.24, 2.45) is 11.8 Å². The Balaban J connectivity index is 1.91. The summed E-state index contributed by atoms with van der Waals surface area (Å²) in [5.74, 6) is 1.74. The van der Waals surface area contributed by atoms with Crippen LogP contribution in [0, 0.1) is 11.8 Å². The van der Waals surface area contributed by atoms with E-state index in [1.165, 1.54) is 44.9 Å². The predicted octanol–water partition coefficient (Wildman–Crippen LogP) is 3.10. The first-order valence-electron chi connectivity index (χ1n) is 6.73. The summed E-state index contributed by atoms with van der Waals surface area (Å²) in [4.78, 5) is 0. The summed E-state index contributed by atoms with van der Waals surface area (Å²) >= 11 is 0. The van der Waals surface area contributed by atoms with E-state index in [9.17, 15) is 5.11 Å². The van der Waals surface area contributed by atoms with Gasteiger partial charge in [0, 0.05) is 6.04 Å². The second-order valence-corrected chi connectivity index (χ2v) is 5.31. The van der Waals surface area contributed by atoms with E-state index < -0.39 is 6.23 Å². The lowest BCUT2D eigenvalue weighted by atomic mass is 9.68. The molecule has 15 heavy (non-hydrogen) atoms. The molecule has 2 saturated carbocycles. The second kappa shape index (κ2) is 5.31. The highest BCUT2D eigenvalue weighted by Crippen LogP contribution is 2.40. The van der Waals surface area contributed by atoms with Gasteiger partial charge in [0.05, 0.1) is 0 Å². The molecule has 0 aliphatic heterocycles. The minimum atomic E-state index is -0.532. The highest BCUT2D eigenvalue weighted by molar-refractivity contribution is 4.89. The fourth-order valence-electron chi connectivity index (χ4n) is 3.50. The van der Waals surface area contributed by atoms with Crippen molar-refractivity contribution in [1.29, 1.82) is 0 Å². The van der Waals surface area contributed by atoms with Crippen LogP contribution in [0.15, 0.2) is 0 Å². The Morgan fingerprint density at radius 3 is 2.67 bits per heavy atom. The van der Waals surface area contributed by atoms with Crippen LogP contribution in [0.1, 0.15) is 58.3 Å². The zero-order chi connectivity index (χ0) is 10.7. The zero-order valence-corrected chi connectivity index (χ0v) is 9.87. The smallest absolute Gasteiger partial charge is 0.143 e. The summed E-state index contributed by atoms with van der Waals surface area (Å²) in [5, 5.41) is 14.8. The lowest BCUT2D eigenvalue weighted by Gasteiger charge is -2.42. The lowest BCUT2D eigenvalue weighted by Crippen LogP contribution is -2.47. The van der Waals surface area contributed by atoms with Crippen LogP contribution in [0.3, 0.4) is 0 Å². The molecule has 2 rings (SSSR count). The molecule has 2 aliphatic rings. The summed E-state index contributed by atoms with van der Waals surface area (Å²) in [6.45, 7) is 1.98. The number of hydrogen-bond donors (Lipinski definition) is 1. The van der Waals surface area contributed by atoms with Gasteiger partial charge in [0.1, 0.15) is 6.23 Å². The van der Waals surface area contributed by atoms with E-state index in [1.807, 2.05) is 6.92 Å². The number of rotatable bonds is 3. The molecule has 1 radical (unpaired) electrons. The Hall–Kier alpha value is -0.0800. The van der Waals surface area contributed by atoms with Crippen LogP contribution in [-0.2, 0) is 5.11 Å². The highest BCUT2D eigenvalue weighted by atomic mass is 16.3. The van der Waals surface area contributed by atoms with E-state index in [2.05, 4.69) is 5.32 Å². The molecular formula is C13H24NO. The Labute approximate surface area is 93.5 Å². The Morgan fingerprint density at radius 1 is 1.13 bits per heavy atom. The van der Waals surface area contributed by atoms with E-state index in [0.717, 1.165) is 11.8 Å². The topological polar surface area (TPSA) is 31.9 Å². The third-order valence-corrected chi connectivity index (χ3v) is 4.35. The monoisotopic (exact) mass is 210 g/mol. The molecule has 2 nitrogen and oxygen atoms in total. The quantitative estimate of drug-likeness (QED) is 0.713. The molecular weight excluding hydrogens is 186 g/mol. The summed E-state index contributed by atoms with van der Waals surface area (Å²) in [6, 6.07) is 0.534. The van der Waals surface area contributed by atoms with Gasteiger partial charge in [0.2, 0.25) is 0 Å². The van der Waals surface area contributed by atoms with Crippen LogP contribution < -0.4 is 5.32 Å². The molecule has 0 amide bonds. The van der Waals surface area contributed by atoms with E-state index in [0.29, 0.717) is 12.5 Å². The second-order valence-electron chi connectivity index (χ2n) is 5.31. The third-order valence-electron chi connectivity index (χ3n) is 4.35. The normalized spacial score (nSPS) is 38.4. The zero-order valence-electron chi connectivity index (χ0n) is 9.87. The van der Waals surface area contributed by atoms with Crippen molar-refractivity contribution in [1.82, 2.24) is 5.32 Å². The fourth-order valence-corrected chi connectivity index (χ4v) is 3.50. The van der Waals surface area contributed by atoms with Crippen LogP contribution in [-0.4, -0.2) is 12.3 Å². The van der Waals surface area contributed by atoms with Gasteiger partial charge in [0.15, 0.2) is 0 Å². The molecule has 2 aliphatic carbocycles. The third kappa shape index (κ3) is 2.73. The molecule has 0 heterocycles. The number of nitrogens with one attached hydrogen (secondary N) is 1. The molecule has 2 fully saturated rings. The molecule has 4 atom stereocenters. The van der Waals surface area contributed by atoms with Crippen molar-refractivity contribution in [2.75, 3.05) is 0 Å². The average Bonchev–Trinajstić information content (AvgIpc) is 2.29. The minimum absolute atomic E-state index is 0.532. The van der Waals surface area contributed by atoms with Crippen LogP contribution in [0.4, 0.5) is 0 Å². The van der Waals surface area contributed by atoms with Crippen molar-refractivity contribution in [3.63, 3.8) is 0 Å². The molecule has 87 valence electrons. The average molecular weight is 210 g/mol. The van der Waals surface area contributed by atoms with Crippen LogP contribution in [0.5, 0.6) is 0 Å². The van der Waals surface area contributed by atoms with Crippen LogP contribution in [0.2, 0.25) is 0 Å². The van der Waals surface area contributed by atoms with Crippen molar-refractivity contribution >= 4 is 0 Å². The largest absolute Gasteiger partial charge is 0.286 e. The van der Waals surface area contributed by atoms with Crippen LogP contribution >= 0.6 is 0 Å². The van der Waals surface area contributed by atoms with Crippen molar-refractivity contribution in [3.05, 3.63) is 0 Å². The summed E-state index contributed by atoms with van der Waals surface area (Å²) < 4.78 is 0. The molecule has 0 spiro atoms.